The zero-order valence-corrected chi connectivity index (χ0v) is 6.56. The summed E-state index contributed by atoms with van der Waals surface area (Å²) in [6.45, 7) is 0. The van der Waals surface area contributed by atoms with Gasteiger partial charge in [0.15, 0.2) is 0 Å². The summed E-state index contributed by atoms with van der Waals surface area (Å²) in [6.07, 6.45) is 3.03. The molecule has 5 N–H and O–H groups in total. The molecule has 0 aliphatic rings. The largest absolute Gasteiger partial charge is 0.398 e. The molecule has 0 bridgehead atoms. The number of nitrogens with two attached hydrogens (primary N) is 2. The molecule has 0 spiro atoms. The van der Waals surface area contributed by atoms with Gasteiger partial charge in [-0.05, 0) is 6.07 Å². The second kappa shape index (κ2) is 3.78. The molecular formula is C6H9ClN4. The van der Waals surface area contributed by atoms with E-state index in [0.29, 0.717) is 11.3 Å². The summed E-state index contributed by atoms with van der Waals surface area (Å²) in [4.78, 5) is 3.77. The minimum absolute atomic E-state index is 0. The van der Waals surface area contributed by atoms with Crippen molar-refractivity contribution < 1.29 is 0 Å². The van der Waals surface area contributed by atoms with Crippen LogP contribution >= 0.6 is 12.4 Å². The van der Waals surface area contributed by atoms with Crippen molar-refractivity contribution in [1.82, 2.24) is 4.98 Å². The van der Waals surface area contributed by atoms with Crippen molar-refractivity contribution in [1.29, 1.82) is 5.41 Å². The van der Waals surface area contributed by atoms with E-state index in [1.165, 1.54) is 6.20 Å². The Labute approximate surface area is 70.5 Å². The number of nitrogens with one attached hydrogen (secondary N) is 1. The highest BCUT2D eigenvalue weighted by molar-refractivity contribution is 5.99. The smallest absolute Gasteiger partial charge is 0.126 e. The molecule has 0 aromatic carbocycles. The summed E-state index contributed by atoms with van der Waals surface area (Å²) in [5.41, 5.74) is 11.6. The van der Waals surface area contributed by atoms with E-state index in [0.717, 1.165) is 0 Å². The Morgan fingerprint density at radius 2 is 2.18 bits per heavy atom. The highest BCUT2D eigenvalue weighted by Gasteiger charge is 1.98. The maximum absolute atomic E-state index is 7.03. The molecular weight excluding hydrogens is 164 g/mol. The fraction of sp³-hybridized carbons (Fsp3) is 0. The number of halogens is 1. The zero-order valence-electron chi connectivity index (χ0n) is 5.74. The third-order valence-electron chi connectivity index (χ3n) is 1.14. The molecule has 0 aliphatic carbocycles. The number of amidine groups is 1. The van der Waals surface area contributed by atoms with Crippen molar-refractivity contribution in [2.45, 2.75) is 0 Å². The van der Waals surface area contributed by atoms with Crippen LogP contribution in [0, 0.1) is 5.41 Å². The number of anilines is 1. The van der Waals surface area contributed by atoms with E-state index in [9.17, 15) is 0 Å². The van der Waals surface area contributed by atoms with Crippen LogP contribution in [0.1, 0.15) is 5.56 Å². The Morgan fingerprint density at radius 3 is 2.55 bits per heavy atom. The summed E-state index contributed by atoms with van der Waals surface area (Å²) in [5.74, 6) is -0.0504. The number of nitrogens with zero attached hydrogens (tertiary/aromatic N) is 1. The summed E-state index contributed by atoms with van der Waals surface area (Å²) >= 11 is 0. The summed E-state index contributed by atoms with van der Waals surface area (Å²) in [7, 11) is 0. The molecule has 0 radical (unpaired) electrons. The molecule has 0 unspecified atom stereocenters. The normalized spacial score (nSPS) is 8.36. The summed E-state index contributed by atoms with van der Waals surface area (Å²) in [5, 5.41) is 7.03. The van der Waals surface area contributed by atoms with Gasteiger partial charge in [-0.3, -0.25) is 10.4 Å². The highest BCUT2D eigenvalue weighted by atomic mass is 35.5. The van der Waals surface area contributed by atoms with Crippen LogP contribution in [0.25, 0.3) is 0 Å². The van der Waals surface area contributed by atoms with Crippen LogP contribution in [0.4, 0.5) is 5.69 Å². The topological polar surface area (TPSA) is 88.8 Å². The molecule has 11 heavy (non-hydrogen) atoms. The average Bonchev–Trinajstić information content (AvgIpc) is 1.88. The van der Waals surface area contributed by atoms with E-state index in [1.807, 2.05) is 0 Å². The van der Waals surface area contributed by atoms with Crippen LogP contribution in [0.5, 0.6) is 0 Å². The lowest BCUT2D eigenvalue weighted by molar-refractivity contribution is 1.30. The zero-order chi connectivity index (χ0) is 7.56. The predicted octanol–water partition coefficient (Wildman–Crippen LogP) is 0.370. The van der Waals surface area contributed by atoms with E-state index in [4.69, 9.17) is 16.9 Å². The van der Waals surface area contributed by atoms with Crippen LogP contribution in [0.15, 0.2) is 18.5 Å². The van der Waals surface area contributed by atoms with Gasteiger partial charge in [-0.1, -0.05) is 0 Å². The van der Waals surface area contributed by atoms with Crippen LogP contribution in [-0.2, 0) is 0 Å². The Balaban J connectivity index is 0.000001000. The minimum Gasteiger partial charge on any atom is -0.398 e. The minimum atomic E-state index is -0.0504. The lowest BCUT2D eigenvalue weighted by Crippen LogP contribution is -2.13. The SMILES string of the molecule is Cl.N=C(N)c1cnccc1N. The summed E-state index contributed by atoms with van der Waals surface area (Å²) < 4.78 is 0. The van der Waals surface area contributed by atoms with E-state index >= 15 is 0 Å². The Bertz CT molecular complexity index is 261. The molecule has 1 aromatic rings. The standard InChI is InChI=1S/C6H8N4.ClH/c7-5-1-2-10-3-4(5)6(8)9;/h1-3H,(H2,7,10)(H3,8,9);1H. The van der Waals surface area contributed by atoms with Gasteiger partial charge in [0, 0.05) is 18.1 Å². The fourth-order valence-electron chi connectivity index (χ4n) is 0.630. The maximum Gasteiger partial charge on any atom is 0.126 e. The van der Waals surface area contributed by atoms with Crippen molar-refractivity contribution in [3.63, 3.8) is 0 Å². The van der Waals surface area contributed by atoms with E-state index in [1.54, 1.807) is 12.3 Å². The van der Waals surface area contributed by atoms with Crippen molar-refractivity contribution in [2.24, 2.45) is 5.73 Å². The van der Waals surface area contributed by atoms with Crippen LogP contribution in [0.2, 0.25) is 0 Å². The van der Waals surface area contributed by atoms with Crippen molar-refractivity contribution >= 4 is 23.9 Å². The Hall–Kier alpha value is -1.29. The third-order valence-corrected chi connectivity index (χ3v) is 1.14. The molecule has 0 amide bonds. The molecule has 60 valence electrons. The predicted molar refractivity (Wildman–Crippen MR) is 46.9 cm³/mol. The molecule has 0 fully saturated rings. The Kier molecular flexibility index (Phi) is 3.33. The fourth-order valence-corrected chi connectivity index (χ4v) is 0.630. The highest BCUT2D eigenvalue weighted by Crippen LogP contribution is 2.05. The van der Waals surface area contributed by atoms with Gasteiger partial charge in [0.25, 0.3) is 0 Å². The lowest BCUT2D eigenvalue weighted by atomic mass is 10.2. The second-order valence-corrected chi connectivity index (χ2v) is 1.88. The maximum atomic E-state index is 7.03. The molecule has 1 rings (SSSR count). The van der Waals surface area contributed by atoms with Gasteiger partial charge in [0.05, 0.1) is 5.56 Å². The number of nitrogen functional groups attached to an aromatic ring is 2. The van der Waals surface area contributed by atoms with Crippen LogP contribution < -0.4 is 11.5 Å². The van der Waals surface area contributed by atoms with Crippen LogP contribution in [-0.4, -0.2) is 10.8 Å². The number of aromatic nitrogens is 1. The molecule has 1 heterocycles. The van der Waals surface area contributed by atoms with Gasteiger partial charge in [0.1, 0.15) is 5.84 Å². The lowest BCUT2D eigenvalue weighted by Gasteiger charge is -1.99. The van der Waals surface area contributed by atoms with Gasteiger partial charge < -0.3 is 11.5 Å². The first-order valence-corrected chi connectivity index (χ1v) is 2.75. The van der Waals surface area contributed by atoms with Crippen LogP contribution in [0.3, 0.4) is 0 Å². The first-order valence-electron chi connectivity index (χ1n) is 2.75. The third kappa shape index (κ3) is 2.09. The molecule has 4 nitrogen and oxygen atoms in total. The first kappa shape index (κ1) is 9.71. The van der Waals surface area contributed by atoms with Crippen molar-refractivity contribution in [3.8, 4) is 0 Å². The van der Waals surface area contributed by atoms with Gasteiger partial charge in [0.2, 0.25) is 0 Å². The molecule has 0 aliphatic heterocycles. The van der Waals surface area contributed by atoms with E-state index in [2.05, 4.69) is 4.98 Å². The first-order chi connectivity index (χ1) is 4.72. The van der Waals surface area contributed by atoms with E-state index in [-0.39, 0.29) is 18.2 Å². The number of pyridine rings is 1. The van der Waals surface area contributed by atoms with Crippen molar-refractivity contribution in [3.05, 3.63) is 24.0 Å². The molecule has 1 aromatic heterocycles. The molecule has 0 atom stereocenters. The molecule has 0 saturated carbocycles. The molecule has 0 saturated heterocycles. The Morgan fingerprint density at radius 1 is 1.55 bits per heavy atom. The van der Waals surface area contributed by atoms with Gasteiger partial charge in [-0.15, -0.1) is 12.4 Å². The average molecular weight is 173 g/mol. The number of hydrogen-bond acceptors (Lipinski definition) is 3. The van der Waals surface area contributed by atoms with Gasteiger partial charge in [-0.2, -0.15) is 0 Å². The number of rotatable bonds is 1. The van der Waals surface area contributed by atoms with Gasteiger partial charge in [-0.25, -0.2) is 0 Å². The van der Waals surface area contributed by atoms with E-state index < -0.39 is 0 Å². The quantitative estimate of drug-likeness (QED) is 0.422. The monoisotopic (exact) mass is 172 g/mol. The second-order valence-electron chi connectivity index (χ2n) is 1.88. The summed E-state index contributed by atoms with van der Waals surface area (Å²) in [6, 6.07) is 1.61. The number of hydrogen-bond donors (Lipinski definition) is 3. The molecule has 5 heteroatoms. The van der Waals surface area contributed by atoms with Crippen molar-refractivity contribution in [2.75, 3.05) is 5.73 Å². The van der Waals surface area contributed by atoms with Gasteiger partial charge >= 0.3 is 0 Å².